The van der Waals surface area contributed by atoms with Crippen LogP contribution in [0.5, 0.6) is 0 Å². The van der Waals surface area contributed by atoms with E-state index in [-0.39, 0.29) is 11.6 Å². The van der Waals surface area contributed by atoms with Crippen LogP contribution in [0, 0.1) is 17.8 Å². The summed E-state index contributed by atoms with van der Waals surface area (Å²) in [6.45, 7) is 9.76. The molecule has 2 atom stereocenters. The lowest BCUT2D eigenvalue weighted by Crippen LogP contribution is -2.42. The Morgan fingerprint density at radius 2 is 2.04 bits per heavy atom. The molecule has 2 unspecified atom stereocenters. The van der Waals surface area contributed by atoms with E-state index in [9.17, 15) is 4.79 Å². The number of H-pyrrole nitrogens is 1. The number of nitrogens with one attached hydrogen (secondary N) is 1. The van der Waals surface area contributed by atoms with E-state index >= 15 is 0 Å². The van der Waals surface area contributed by atoms with Gasteiger partial charge in [0.15, 0.2) is 5.84 Å². The fraction of sp³-hybridized carbons (Fsp3) is 0.706. The summed E-state index contributed by atoms with van der Waals surface area (Å²) in [5.41, 5.74) is 1.16. The number of aromatic nitrogens is 2. The molecule has 1 aromatic rings. The number of hydrogen-bond donors (Lipinski definition) is 1. The molecular weight excluding hydrogens is 306 g/mol. The number of rotatable bonds is 3. The third-order valence-electron chi connectivity index (χ3n) is 5.73. The van der Waals surface area contributed by atoms with E-state index in [0.717, 1.165) is 24.6 Å². The van der Waals surface area contributed by atoms with Crippen LogP contribution in [0.1, 0.15) is 49.8 Å². The van der Waals surface area contributed by atoms with Crippen LogP contribution in [-0.4, -0.2) is 57.6 Å². The number of likely N-dealkylation sites (tertiary alicyclic amines) is 1. The van der Waals surface area contributed by atoms with Crippen molar-refractivity contribution in [1.82, 2.24) is 20.0 Å². The topological polar surface area (TPSA) is 73.8 Å². The van der Waals surface area contributed by atoms with E-state index in [2.05, 4.69) is 34.1 Å². The molecule has 7 heteroatoms. The standard InChI is InChI=1S/C17H25N5O2/c1-9(2)12-6-13(19-18-12)16(23)22-7-10-11(8-22)14(10)15-20-24-17(3,4)21(15)5/h6,9-11,14H,7-8H2,1-5H3,(H,18,19). The van der Waals surface area contributed by atoms with Gasteiger partial charge in [0, 0.05) is 31.7 Å². The highest BCUT2D eigenvalue weighted by Crippen LogP contribution is 2.54. The summed E-state index contributed by atoms with van der Waals surface area (Å²) in [7, 11) is 2.03. The molecule has 1 aromatic heterocycles. The number of amidine groups is 1. The Balaban J connectivity index is 1.39. The van der Waals surface area contributed by atoms with Crippen LogP contribution in [0.15, 0.2) is 11.2 Å². The van der Waals surface area contributed by atoms with Crippen LogP contribution in [0.3, 0.4) is 0 Å². The maximum atomic E-state index is 12.6. The van der Waals surface area contributed by atoms with E-state index in [4.69, 9.17) is 4.84 Å². The van der Waals surface area contributed by atoms with Crippen molar-refractivity contribution < 1.29 is 9.63 Å². The SMILES string of the molecule is CC(C)c1cc(C(=O)N2CC3C(C2)C3C2=NOC(C)(C)N2C)n[nH]1. The van der Waals surface area contributed by atoms with E-state index in [1.165, 1.54) is 0 Å². The normalized spacial score (nSPS) is 30.4. The molecule has 1 aliphatic carbocycles. The zero-order valence-corrected chi connectivity index (χ0v) is 14.9. The van der Waals surface area contributed by atoms with Crippen molar-refractivity contribution in [3.8, 4) is 0 Å². The lowest BCUT2D eigenvalue weighted by molar-refractivity contribution is -0.0596. The molecule has 1 saturated heterocycles. The monoisotopic (exact) mass is 331 g/mol. The van der Waals surface area contributed by atoms with Gasteiger partial charge in [0.05, 0.1) is 0 Å². The summed E-state index contributed by atoms with van der Waals surface area (Å²) in [5.74, 6) is 2.82. The average molecular weight is 331 g/mol. The third kappa shape index (κ3) is 2.21. The molecule has 3 aliphatic rings. The first-order chi connectivity index (χ1) is 11.3. The van der Waals surface area contributed by atoms with Crippen LogP contribution >= 0.6 is 0 Å². The molecule has 0 spiro atoms. The lowest BCUT2D eigenvalue weighted by Gasteiger charge is -2.28. The second kappa shape index (κ2) is 4.97. The zero-order chi connectivity index (χ0) is 17.2. The molecule has 2 fully saturated rings. The summed E-state index contributed by atoms with van der Waals surface area (Å²) in [5, 5.41) is 11.4. The van der Waals surface area contributed by atoms with Gasteiger partial charge in [-0.3, -0.25) is 9.89 Å². The van der Waals surface area contributed by atoms with Gasteiger partial charge in [-0.1, -0.05) is 19.0 Å². The predicted octanol–water partition coefficient (Wildman–Crippen LogP) is 1.86. The molecular formula is C17H25N5O2. The number of carbonyl (C=O) groups excluding carboxylic acids is 1. The first kappa shape index (κ1) is 15.5. The van der Waals surface area contributed by atoms with Crippen molar-refractivity contribution >= 4 is 11.7 Å². The minimum absolute atomic E-state index is 0.0300. The maximum Gasteiger partial charge on any atom is 0.274 e. The fourth-order valence-electron chi connectivity index (χ4n) is 3.82. The Morgan fingerprint density at radius 3 is 2.54 bits per heavy atom. The molecule has 24 heavy (non-hydrogen) atoms. The average Bonchev–Trinajstić information content (AvgIpc) is 2.97. The summed E-state index contributed by atoms with van der Waals surface area (Å²) in [6.07, 6.45) is 0. The predicted molar refractivity (Wildman–Crippen MR) is 89.4 cm³/mol. The van der Waals surface area contributed by atoms with Gasteiger partial charge in [-0.15, -0.1) is 0 Å². The summed E-state index contributed by atoms with van der Waals surface area (Å²) >= 11 is 0. The smallest absolute Gasteiger partial charge is 0.274 e. The van der Waals surface area contributed by atoms with E-state index in [0.29, 0.717) is 29.4 Å². The fourth-order valence-corrected chi connectivity index (χ4v) is 3.82. The maximum absolute atomic E-state index is 12.6. The first-order valence-electron chi connectivity index (χ1n) is 8.64. The Morgan fingerprint density at radius 1 is 1.38 bits per heavy atom. The van der Waals surface area contributed by atoms with Crippen LogP contribution in [-0.2, 0) is 4.84 Å². The number of fused-ring (bicyclic) bond motifs is 1. The largest absolute Gasteiger partial charge is 0.366 e. The molecule has 2 aliphatic heterocycles. The van der Waals surface area contributed by atoms with Gasteiger partial charge in [-0.05, 0) is 37.7 Å². The Hall–Kier alpha value is -2.05. The Labute approximate surface area is 142 Å². The van der Waals surface area contributed by atoms with Crippen LogP contribution in [0.25, 0.3) is 0 Å². The second-order valence-electron chi connectivity index (χ2n) is 7.97. The van der Waals surface area contributed by atoms with Crippen LogP contribution < -0.4 is 0 Å². The van der Waals surface area contributed by atoms with Gasteiger partial charge < -0.3 is 14.6 Å². The molecule has 7 nitrogen and oxygen atoms in total. The van der Waals surface area contributed by atoms with Crippen molar-refractivity contribution in [3.63, 3.8) is 0 Å². The summed E-state index contributed by atoms with van der Waals surface area (Å²) in [6, 6.07) is 1.87. The van der Waals surface area contributed by atoms with E-state index in [1.807, 2.05) is 31.9 Å². The molecule has 1 N–H and O–H groups in total. The van der Waals surface area contributed by atoms with E-state index in [1.54, 1.807) is 0 Å². The highest BCUT2D eigenvalue weighted by atomic mass is 16.7. The summed E-state index contributed by atoms with van der Waals surface area (Å²) < 4.78 is 0. The molecule has 4 rings (SSSR count). The number of aromatic amines is 1. The molecule has 3 heterocycles. The Kier molecular flexibility index (Phi) is 3.21. The molecule has 0 aromatic carbocycles. The van der Waals surface area contributed by atoms with Gasteiger partial charge >= 0.3 is 0 Å². The number of piperidine rings is 1. The quantitative estimate of drug-likeness (QED) is 0.917. The van der Waals surface area contributed by atoms with Gasteiger partial charge in [-0.25, -0.2) is 0 Å². The molecule has 0 radical (unpaired) electrons. The lowest BCUT2D eigenvalue weighted by atomic mass is 10.1. The second-order valence-corrected chi connectivity index (χ2v) is 7.97. The van der Waals surface area contributed by atoms with Crippen LogP contribution in [0.2, 0.25) is 0 Å². The van der Waals surface area contributed by atoms with E-state index < -0.39 is 0 Å². The molecule has 1 amide bonds. The zero-order valence-electron chi connectivity index (χ0n) is 14.9. The summed E-state index contributed by atoms with van der Waals surface area (Å²) in [4.78, 5) is 22.2. The third-order valence-corrected chi connectivity index (χ3v) is 5.73. The van der Waals surface area contributed by atoms with Gasteiger partial charge in [0.25, 0.3) is 5.91 Å². The molecule has 130 valence electrons. The first-order valence-corrected chi connectivity index (χ1v) is 8.64. The number of oxime groups is 1. The minimum atomic E-state index is -0.371. The van der Waals surface area contributed by atoms with Gasteiger partial charge in [-0.2, -0.15) is 5.10 Å². The van der Waals surface area contributed by atoms with Crippen molar-refractivity contribution in [2.45, 2.75) is 39.3 Å². The minimum Gasteiger partial charge on any atom is -0.366 e. The number of nitrogens with zero attached hydrogens (tertiary/aromatic N) is 4. The molecule has 0 bridgehead atoms. The van der Waals surface area contributed by atoms with Crippen molar-refractivity contribution in [1.29, 1.82) is 0 Å². The number of hydrogen-bond acceptors (Lipinski definition) is 5. The van der Waals surface area contributed by atoms with Crippen molar-refractivity contribution in [2.75, 3.05) is 20.1 Å². The van der Waals surface area contributed by atoms with Crippen molar-refractivity contribution in [2.24, 2.45) is 22.9 Å². The highest BCUT2D eigenvalue weighted by Gasteiger charge is 2.61. The van der Waals surface area contributed by atoms with Crippen molar-refractivity contribution in [3.05, 3.63) is 17.5 Å². The Bertz CT molecular complexity index is 696. The van der Waals surface area contributed by atoms with Gasteiger partial charge in [0.1, 0.15) is 5.69 Å². The number of carbonyl (C=O) groups is 1. The number of amides is 1. The highest BCUT2D eigenvalue weighted by molar-refractivity contribution is 5.94. The molecule has 1 saturated carbocycles. The van der Waals surface area contributed by atoms with Gasteiger partial charge in [0.2, 0.25) is 5.72 Å². The van der Waals surface area contributed by atoms with Crippen LogP contribution in [0.4, 0.5) is 0 Å².